The van der Waals surface area contributed by atoms with Gasteiger partial charge in [0.1, 0.15) is 5.82 Å². The summed E-state index contributed by atoms with van der Waals surface area (Å²) >= 11 is 0. The largest absolute Gasteiger partial charge is 0.336 e. The van der Waals surface area contributed by atoms with E-state index in [9.17, 15) is 9.59 Å². The normalized spacial score (nSPS) is 14.2. The minimum Gasteiger partial charge on any atom is -0.336 e. The van der Waals surface area contributed by atoms with Crippen molar-refractivity contribution >= 4 is 23.4 Å². The van der Waals surface area contributed by atoms with E-state index in [0.29, 0.717) is 30.2 Å². The van der Waals surface area contributed by atoms with Crippen molar-refractivity contribution in [2.45, 2.75) is 19.8 Å². The zero-order chi connectivity index (χ0) is 16.4. The summed E-state index contributed by atoms with van der Waals surface area (Å²) in [4.78, 5) is 25.8. The van der Waals surface area contributed by atoms with E-state index in [1.54, 1.807) is 29.3 Å². The van der Waals surface area contributed by atoms with Crippen LogP contribution in [0.3, 0.4) is 0 Å². The number of carbonyl (C=O) groups is 2. The van der Waals surface area contributed by atoms with Gasteiger partial charge in [-0.05, 0) is 24.1 Å². The number of aromatic nitrogens is 2. The molecule has 2 heterocycles. The summed E-state index contributed by atoms with van der Waals surface area (Å²) in [5.74, 6) is 0.621. The van der Waals surface area contributed by atoms with Crippen molar-refractivity contribution in [3.63, 3.8) is 0 Å². The summed E-state index contributed by atoms with van der Waals surface area (Å²) in [5, 5.41) is 12.4. The molecule has 1 fully saturated rings. The third kappa shape index (κ3) is 3.03. The van der Waals surface area contributed by atoms with Crippen LogP contribution in [0.25, 0.3) is 0 Å². The zero-order valence-corrected chi connectivity index (χ0v) is 13.1. The van der Waals surface area contributed by atoms with Crippen molar-refractivity contribution in [1.29, 1.82) is 0 Å². The Bertz CT molecular complexity index is 738. The minimum atomic E-state index is -0.238. The molecule has 1 aliphatic heterocycles. The molecule has 0 aliphatic carbocycles. The highest BCUT2D eigenvalue weighted by Gasteiger charge is 2.22. The lowest BCUT2D eigenvalue weighted by atomic mass is 10.1. The predicted octanol–water partition coefficient (Wildman–Crippen LogP) is 2.31. The van der Waals surface area contributed by atoms with E-state index in [1.807, 2.05) is 19.9 Å². The number of nitrogens with zero attached hydrogens (tertiary/aromatic N) is 2. The van der Waals surface area contributed by atoms with E-state index in [2.05, 4.69) is 20.8 Å². The molecular formula is C16H19N5O2. The first-order chi connectivity index (χ1) is 11.1. The van der Waals surface area contributed by atoms with Crippen LogP contribution >= 0.6 is 0 Å². The molecule has 1 aromatic heterocycles. The fraction of sp³-hybridized carbons (Fsp3) is 0.312. The van der Waals surface area contributed by atoms with Gasteiger partial charge in [0.2, 0.25) is 0 Å². The van der Waals surface area contributed by atoms with Crippen molar-refractivity contribution in [2.24, 2.45) is 0 Å². The summed E-state index contributed by atoms with van der Waals surface area (Å²) in [6.45, 7) is 5.28. The van der Waals surface area contributed by atoms with Gasteiger partial charge < -0.3 is 10.6 Å². The summed E-state index contributed by atoms with van der Waals surface area (Å²) < 4.78 is 0. The molecule has 2 aromatic rings. The SMILES string of the molecule is CC(C)c1cn[nH]c1NC(=O)c1cccc(N2CCNC2=O)c1. The van der Waals surface area contributed by atoms with Crippen LogP contribution < -0.4 is 15.5 Å². The lowest BCUT2D eigenvalue weighted by Crippen LogP contribution is -2.27. The predicted molar refractivity (Wildman–Crippen MR) is 87.8 cm³/mol. The van der Waals surface area contributed by atoms with E-state index in [4.69, 9.17) is 0 Å². The Morgan fingerprint density at radius 1 is 1.39 bits per heavy atom. The Labute approximate surface area is 134 Å². The molecule has 23 heavy (non-hydrogen) atoms. The molecule has 1 saturated heterocycles. The molecule has 3 rings (SSSR count). The summed E-state index contributed by atoms with van der Waals surface area (Å²) in [5.41, 5.74) is 2.15. The molecule has 0 bridgehead atoms. The number of H-pyrrole nitrogens is 1. The number of anilines is 2. The summed E-state index contributed by atoms with van der Waals surface area (Å²) in [7, 11) is 0. The minimum absolute atomic E-state index is 0.141. The van der Waals surface area contributed by atoms with Gasteiger partial charge in [0.05, 0.1) is 6.20 Å². The molecule has 0 radical (unpaired) electrons. The lowest BCUT2D eigenvalue weighted by Gasteiger charge is -2.15. The molecule has 0 unspecified atom stereocenters. The average molecular weight is 313 g/mol. The average Bonchev–Trinajstić information content (AvgIpc) is 3.16. The van der Waals surface area contributed by atoms with Gasteiger partial charge in [-0.1, -0.05) is 19.9 Å². The Hall–Kier alpha value is -2.83. The maximum Gasteiger partial charge on any atom is 0.321 e. The van der Waals surface area contributed by atoms with Gasteiger partial charge >= 0.3 is 6.03 Å². The number of hydrogen-bond donors (Lipinski definition) is 3. The molecule has 0 saturated carbocycles. The van der Waals surface area contributed by atoms with Gasteiger partial charge in [-0.25, -0.2) is 4.79 Å². The molecule has 3 amide bonds. The van der Waals surface area contributed by atoms with Crippen LogP contribution in [-0.2, 0) is 0 Å². The first-order valence-corrected chi connectivity index (χ1v) is 7.56. The van der Waals surface area contributed by atoms with Crippen LogP contribution in [0.4, 0.5) is 16.3 Å². The summed E-state index contributed by atoms with van der Waals surface area (Å²) in [6, 6.07) is 6.88. The Kier molecular flexibility index (Phi) is 4.01. The van der Waals surface area contributed by atoms with Crippen LogP contribution in [0.2, 0.25) is 0 Å². The van der Waals surface area contributed by atoms with Gasteiger partial charge in [-0.3, -0.25) is 14.8 Å². The molecule has 7 heteroatoms. The van der Waals surface area contributed by atoms with E-state index in [1.165, 1.54) is 0 Å². The molecule has 0 atom stereocenters. The van der Waals surface area contributed by atoms with Gasteiger partial charge in [-0.2, -0.15) is 5.10 Å². The molecule has 0 spiro atoms. The highest BCUT2D eigenvalue weighted by atomic mass is 16.2. The molecule has 1 aromatic carbocycles. The number of aromatic amines is 1. The summed E-state index contributed by atoms with van der Waals surface area (Å²) in [6.07, 6.45) is 1.71. The van der Waals surface area contributed by atoms with Crippen molar-refractivity contribution in [3.05, 3.63) is 41.6 Å². The number of carbonyl (C=O) groups excluding carboxylic acids is 2. The van der Waals surface area contributed by atoms with Crippen LogP contribution in [0.1, 0.15) is 35.7 Å². The Morgan fingerprint density at radius 3 is 2.91 bits per heavy atom. The van der Waals surface area contributed by atoms with Crippen molar-refractivity contribution in [1.82, 2.24) is 15.5 Å². The third-order valence-corrected chi connectivity index (χ3v) is 3.81. The highest BCUT2D eigenvalue weighted by Crippen LogP contribution is 2.23. The fourth-order valence-electron chi connectivity index (χ4n) is 2.55. The van der Waals surface area contributed by atoms with Crippen LogP contribution in [0.15, 0.2) is 30.5 Å². The number of urea groups is 1. The first-order valence-electron chi connectivity index (χ1n) is 7.56. The molecular weight excluding hydrogens is 294 g/mol. The van der Waals surface area contributed by atoms with Crippen molar-refractivity contribution in [3.8, 4) is 0 Å². The number of hydrogen-bond acceptors (Lipinski definition) is 3. The van der Waals surface area contributed by atoms with E-state index >= 15 is 0 Å². The second-order valence-corrected chi connectivity index (χ2v) is 5.74. The van der Waals surface area contributed by atoms with Gasteiger partial charge in [0.15, 0.2) is 0 Å². The Balaban J connectivity index is 1.80. The highest BCUT2D eigenvalue weighted by molar-refractivity contribution is 6.05. The van der Waals surface area contributed by atoms with Crippen LogP contribution in [-0.4, -0.2) is 35.2 Å². The number of benzene rings is 1. The fourth-order valence-corrected chi connectivity index (χ4v) is 2.55. The van der Waals surface area contributed by atoms with Gasteiger partial charge in [0.25, 0.3) is 5.91 Å². The maximum absolute atomic E-state index is 12.5. The van der Waals surface area contributed by atoms with Gasteiger partial charge in [0, 0.05) is 29.9 Å². The van der Waals surface area contributed by atoms with Crippen molar-refractivity contribution < 1.29 is 9.59 Å². The quantitative estimate of drug-likeness (QED) is 0.809. The second kappa shape index (κ2) is 6.12. The topological polar surface area (TPSA) is 90.1 Å². The molecule has 120 valence electrons. The maximum atomic E-state index is 12.5. The zero-order valence-electron chi connectivity index (χ0n) is 13.1. The standard InChI is InChI=1S/C16H19N5O2/c1-10(2)13-9-18-20-14(13)19-15(22)11-4-3-5-12(8-11)21-7-6-17-16(21)23/h3-5,8-10H,6-7H2,1-2H3,(H,17,23)(H2,18,19,20,22). The van der Waals surface area contributed by atoms with Crippen molar-refractivity contribution in [2.75, 3.05) is 23.3 Å². The third-order valence-electron chi connectivity index (χ3n) is 3.81. The Morgan fingerprint density at radius 2 is 2.22 bits per heavy atom. The number of nitrogens with one attached hydrogen (secondary N) is 3. The molecule has 1 aliphatic rings. The first kappa shape index (κ1) is 15.1. The number of amides is 3. The van der Waals surface area contributed by atoms with Crippen LogP contribution in [0, 0.1) is 0 Å². The molecule has 3 N–H and O–H groups in total. The van der Waals surface area contributed by atoms with E-state index in [0.717, 1.165) is 5.56 Å². The smallest absolute Gasteiger partial charge is 0.321 e. The van der Waals surface area contributed by atoms with Gasteiger partial charge in [-0.15, -0.1) is 0 Å². The van der Waals surface area contributed by atoms with E-state index in [-0.39, 0.29) is 17.9 Å². The monoisotopic (exact) mass is 313 g/mol. The molecule has 7 nitrogen and oxygen atoms in total. The van der Waals surface area contributed by atoms with Crippen LogP contribution in [0.5, 0.6) is 0 Å². The second-order valence-electron chi connectivity index (χ2n) is 5.74. The number of rotatable bonds is 4. The van der Waals surface area contributed by atoms with E-state index < -0.39 is 0 Å². The lowest BCUT2D eigenvalue weighted by molar-refractivity contribution is 0.102.